The van der Waals surface area contributed by atoms with E-state index in [4.69, 9.17) is 9.47 Å². The summed E-state index contributed by atoms with van der Waals surface area (Å²) in [4.78, 5) is 0. The summed E-state index contributed by atoms with van der Waals surface area (Å²) in [5.74, 6) is 2.11. The number of aliphatic hydroxyl groups excluding tert-OH is 1. The molecule has 0 aliphatic heterocycles. The van der Waals surface area contributed by atoms with Gasteiger partial charge in [0.2, 0.25) is 0 Å². The maximum atomic E-state index is 10.0. The molecule has 0 aromatic heterocycles. The van der Waals surface area contributed by atoms with E-state index in [1.807, 2.05) is 24.3 Å². The van der Waals surface area contributed by atoms with Gasteiger partial charge < -0.3 is 14.6 Å². The van der Waals surface area contributed by atoms with Gasteiger partial charge in [-0.15, -0.1) is 0 Å². The van der Waals surface area contributed by atoms with Gasteiger partial charge in [0, 0.05) is 0 Å². The minimum atomic E-state index is -0.137. The van der Waals surface area contributed by atoms with E-state index < -0.39 is 0 Å². The Morgan fingerprint density at radius 3 is 2.47 bits per heavy atom. The molecule has 3 heteroatoms. The molecule has 19 heavy (non-hydrogen) atoms. The van der Waals surface area contributed by atoms with Crippen LogP contribution in [0.4, 0.5) is 0 Å². The van der Waals surface area contributed by atoms with E-state index in [2.05, 4.69) is 0 Å². The van der Waals surface area contributed by atoms with Gasteiger partial charge in [0.1, 0.15) is 11.5 Å². The molecule has 1 saturated carbocycles. The zero-order valence-electron chi connectivity index (χ0n) is 11.7. The van der Waals surface area contributed by atoms with Crippen molar-refractivity contribution in [3.05, 3.63) is 24.3 Å². The van der Waals surface area contributed by atoms with Crippen molar-refractivity contribution in [2.45, 2.75) is 44.6 Å². The molecule has 1 aromatic carbocycles. The first-order valence-electron chi connectivity index (χ1n) is 7.24. The normalized spacial score (nSPS) is 23.7. The maximum absolute atomic E-state index is 10.0. The van der Waals surface area contributed by atoms with Crippen molar-refractivity contribution < 1.29 is 14.6 Å². The average molecular weight is 264 g/mol. The molecule has 0 heterocycles. The summed E-state index contributed by atoms with van der Waals surface area (Å²) in [5, 5.41) is 10.0. The molecule has 1 N–H and O–H groups in total. The van der Waals surface area contributed by atoms with Gasteiger partial charge in [-0.05, 0) is 49.4 Å². The fourth-order valence-electron chi connectivity index (χ4n) is 2.70. The van der Waals surface area contributed by atoms with Crippen LogP contribution in [0.2, 0.25) is 0 Å². The molecule has 1 fully saturated rings. The minimum Gasteiger partial charge on any atom is -0.497 e. The number of aliphatic hydroxyl groups is 1. The quantitative estimate of drug-likeness (QED) is 0.828. The molecule has 2 rings (SSSR count). The maximum Gasteiger partial charge on any atom is 0.119 e. The minimum absolute atomic E-state index is 0.137. The van der Waals surface area contributed by atoms with Gasteiger partial charge in [0.25, 0.3) is 0 Å². The summed E-state index contributed by atoms with van der Waals surface area (Å²) in [6.45, 7) is 0.675. The van der Waals surface area contributed by atoms with Crippen LogP contribution in [-0.4, -0.2) is 24.9 Å². The number of ether oxygens (including phenoxy) is 2. The van der Waals surface area contributed by atoms with Crippen molar-refractivity contribution in [2.24, 2.45) is 5.92 Å². The Kier molecular flexibility index (Phi) is 5.52. The molecule has 2 atom stereocenters. The fraction of sp³-hybridized carbons (Fsp3) is 0.625. The van der Waals surface area contributed by atoms with Crippen molar-refractivity contribution in [2.75, 3.05) is 13.7 Å². The zero-order chi connectivity index (χ0) is 13.5. The lowest BCUT2D eigenvalue weighted by atomic mass is 9.94. The van der Waals surface area contributed by atoms with Crippen molar-refractivity contribution in [3.8, 4) is 11.5 Å². The lowest BCUT2D eigenvalue weighted by Gasteiger charge is -2.20. The summed E-state index contributed by atoms with van der Waals surface area (Å²) in [5.41, 5.74) is 0. The molecule has 2 unspecified atom stereocenters. The van der Waals surface area contributed by atoms with Gasteiger partial charge in [0.05, 0.1) is 19.8 Å². The zero-order valence-corrected chi connectivity index (χ0v) is 11.7. The molecule has 1 aliphatic rings. The first-order valence-corrected chi connectivity index (χ1v) is 7.24. The highest BCUT2D eigenvalue weighted by Crippen LogP contribution is 2.26. The predicted octanol–water partition coefficient (Wildman–Crippen LogP) is 3.41. The van der Waals surface area contributed by atoms with E-state index >= 15 is 0 Å². The Bertz CT molecular complexity index is 361. The van der Waals surface area contributed by atoms with Crippen LogP contribution in [0, 0.1) is 5.92 Å². The number of hydrogen-bond donors (Lipinski definition) is 1. The van der Waals surface area contributed by atoms with Crippen LogP contribution >= 0.6 is 0 Å². The highest BCUT2D eigenvalue weighted by Gasteiger charge is 2.21. The van der Waals surface area contributed by atoms with Crippen LogP contribution in [0.3, 0.4) is 0 Å². The number of methoxy groups -OCH3 is 1. The summed E-state index contributed by atoms with van der Waals surface area (Å²) in [7, 11) is 1.66. The van der Waals surface area contributed by atoms with Crippen LogP contribution in [0.1, 0.15) is 38.5 Å². The van der Waals surface area contributed by atoms with Crippen molar-refractivity contribution in [1.29, 1.82) is 0 Å². The topological polar surface area (TPSA) is 38.7 Å². The van der Waals surface area contributed by atoms with Gasteiger partial charge in [0.15, 0.2) is 0 Å². The third kappa shape index (κ3) is 4.43. The highest BCUT2D eigenvalue weighted by molar-refractivity contribution is 5.31. The predicted molar refractivity (Wildman–Crippen MR) is 75.7 cm³/mol. The van der Waals surface area contributed by atoms with Crippen LogP contribution in [0.25, 0.3) is 0 Å². The highest BCUT2D eigenvalue weighted by atomic mass is 16.5. The van der Waals surface area contributed by atoms with Gasteiger partial charge in [-0.1, -0.05) is 19.3 Å². The van der Waals surface area contributed by atoms with Crippen molar-refractivity contribution in [1.82, 2.24) is 0 Å². The van der Waals surface area contributed by atoms with Gasteiger partial charge >= 0.3 is 0 Å². The number of hydrogen-bond acceptors (Lipinski definition) is 3. The Hall–Kier alpha value is -1.22. The van der Waals surface area contributed by atoms with E-state index in [-0.39, 0.29) is 6.10 Å². The summed E-state index contributed by atoms with van der Waals surface area (Å²) < 4.78 is 10.8. The molecular weight excluding hydrogens is 240 g/mol. The monoisotopic (exact) mass is 264 g/mol. The molecule has 1 aliphatic carbocycles. The van der Waals surface area contributed by atoms with Gasteiger partial charge in [-0.25, -0.2) is 0 Å². The van der Waals surface area contributed by atoms with Crippen LogP contribution in [0.15, 0.2) is 24.3 Å². The Morgan fingerprint density at radius 2 is 1.74 bits per heavy atom. The van der Waals surface area contributed by atoms with Crippen LogP contribution in [0.5, 0.6) is 11.5 Å². The van der Waals surface area contributed by atoms with E-state index in [1.165, 1.54) is 12.8 Å². The van der Waals surface area contributed by atoms with Crippen LogP contribution in [-0.2, 0) is 0 Å². The lowest BCUT2D eigenvalue weighted by Crippen LogP contribution is -2.21. The first kappa shape index (κ1) is 14.2. The molecule has 0 radical (unpaired) electrons. The first-order chi connectivity index (χ1) is 9.29. The molecule has 0 saturated heterocycles. The Labute approximate surface area is 115 Å². The second kappa shape index (κ2) is 7.39. The summed E-state index contributed by atoms with van der Waals surface area (Å²) in [6, 6.07) is 7.64. The van der Waals surface area contributed by atoms with Crippen LogP contribution < -0.4 is 9.47 Å². The third-order valence-corrected chi connectivity index (χ3v) is 3.94. The lowest BCUT2D eigenvalue weighted by molar-refractivity contribution is 0.0861. The molecule has 1 aromatic rings. The SMILES string of the molecule is COc1ccc(OCCC2CCCCCC2O)cc1. The Morgan fingerprint density at radius 1 is 1.05 bits per heavy atom. The standard InChI is InChI=1S/C16H24O3/c1-18-14-7-9-15(10-8-14)19-12-11-13-5-3-2-4-6-16(13)17/h7-10,13,16-17H,2-6,11-12H2,1H3. The van der Waals surface area contributed by atoms with Gasteiger partial charge in [-0.2, -0.15) is 0 Å². The van der Waals surface area contributed by atoms with E-state index in [1.54, 1.807) is 7.11 Å². The molecule has 0 spiro atoms. The largest absolute Gasteiger partial charge is 0.497 e. The second-order valence-corrected chi connectivity index (χ2v) is 5.28. The van der Waals surface area contributed by atoms with E-state index in [0.717, 1.165) is 37.2 Å². The Balaban J connectivity index is 1.75. The smallest absolute Gasteiger partial charge is 0.119 e. The molecule has 0 amide bonds. The third-order valence-electron chi connectivity index (χ3n) is 3.94. The summed E-state index contributed by atoms with van der Waals surface area (Å²) in [6.07, 6.45) is 6.55. The van der Waals surface area contributed by atoms with Crippen molar-refractivity contribution in [3.63, 3.8) is 0 Å². The molecule has 0 bridgehead atoms. The average Bonchev–Trinajstić information content (AvgIpc) is 2.65. The number of benzene rings is 1. The molecular formula is C16H24O3. The fourth-order valence-corrected chi connectivity index (χ4v) is 2.70. The van der Waals surface area contributed by atoms with Crippen molar-refractivity contribution >= 4 is 0 Å². The van der Waals surface area contributed by atoms with Gasteiger partial charge in [-0.3, -0.25) is 0 Å². The van der Waals surface area contributed by atoms with E-state index in [0.29, 0.717) is 12.5 Å². The molecule has 3 nitrogen and oxygen atoms in total. The summed E-state index contributed by atoms with van der Waals surface area (Å²) >= 11 is 0. The van der Waals surface area contributed by atoms with E-state index in [9.17, 15) is 5.11 Å². The number of rotatable bonds is 5. The molecule has 106 valence electrons. The second-order valence-electron chi connectivity index (χ2n) is 5.28.